The zero-order chi connectivity index (χ0) is 21.9. The lowest BCUT2D eigenvalue weighted by molar-refractivity contribution is 0.121. The van der Waals surface area contributed by atoms with E-state index in [2.05, 4.69) is 26.9 Å². The second-order valence-electron chi connectivity index (χ2n) is 7.99. The van der Waals surface area contributed by atoms with Crippen LogP contribution in [-0.4, -0.2) is 70.3 Å². The van der Waals surface area contributed by atoms with Crippen LogP contribution in [0, 0.1) is 0 Å². The van der Waals surface area contributed by atoms with Gasteiger partial charge in [-0.2, -0.15) is 0 Å². The van der Waals surface area contributed by atoms with Gasteiger partial charge in [-0.3, -0.25) is 4.90 Å². The molecule has 0 spiro atoms. The first-order valence-corrected chi connectivity index (χ1v) is 11.0. The molecule has 8 nitrogen and oxygen atoms in total. The molecule has 5 rings (SSSR count). The molecule has 1 aliphatic rings. The molecular formula is C24H27N5O3. The normalized spacial score (nSPS) is 16.2. The minimum Gasteiger partial charge on any atom is -0.492 e. The summed E-state index contributed by atoms with van der Waals surface area (Å²) in [6.45, 7) is 9.21. The third-order valence-electron chi connectivity index (χ3n) is 6.08. The highest BCUT2D eigenvalue weighted by Crippen LogP contribution is 2.24. The predicted molar refractivity (Wildman–Crippen MR) is 122 cm³/mol. The van der Waals surface area contributed by atoms with Crippen molar-refractivity contribution in [3.63, 3.8) is 0 Å². The fourth-order valence-corrected chi connectivity index (χ4v) is 4.14. The highest BCUT2D eigenvalue weighted by atomic mass is 16.5. The molecular weight excluding hydrogens is 406 g/mol. The van der Waals surface area contributed by atoms with Crippen molar-refractivity contribution in [2.75, 3.05) is 45.9 Å². The SMILES string of the molecule is CCN1CCN(CCOc2ccc3oc(-c4cc5cccn5cn4)c/c(=N\O)c3c2)CC1. The largest absolute Gasteiger partial charge is 0.492 e. The van der Waals surface area contributed by atoms with Crippen LogP contribution in [0.2, 0.25) is 0 Å². The molecule has 0 amide bonds. The first-order valence-electron chi connectivity index (χ1n) is 11.0. The van der Waals surface area contributed by atoms with Gasteiger partial charge < -0.3 is 23.7 Å². The van der Waals surface area contributed by atoms with E-state index in [1.165, 1.54) is 0 Å². The molecule has 8 heteroatoms. The molecule has 3 aromatic heterocycles. The topological polar surface area (TPSA) is 78.7 Å². The monoisotopic (exact) mass is 433 g/mol. The van der Waals surface area contributed by atoms with Gasteiger partial charge in [-0.25, -0.2) is 4.98 Å². The number of piperazine rings is 1. The molecule has 4 heterocycles. The second kappa shape index (κ2) is 9.02. The molecule has 1 N–H and O–H groups in total. The van der Waals surface area contributed by atoms with Gasteiger partial charge in [0.15, 0.2) is 5.76 Å². The van der Waals surface area contributed by atoms with Crippen LogP contribution in [0.3, 0.4) is 0 Å². The number of fused-ring (bicyclic) bond motifs is 2. The van der Waals surface area contributed by atoms with E-state index in [9.17, 15) is 5.21 Å². The highest BCUT2D eigenvalue weighted by molar-refractivity contribution is 5.80. The van der Waals surface area contributed by atoms with Crippen molar-refractivity contribution in [1.29, 1.82) is 0 Å². The molecule has 166 valence electrons. The Balaban J connectivity index is 1.33. The van der Waals surface area contributed by atoms with Crippen LogP contribution >= 0.6 is 0 Å². The molecule has 1 saturated heterocycles. The van der Waals surface area contributed by atoms with Crippen molar-refractivity contribution < 1.29 is 14.4 Å². The average Bonchev–Trinajstić information content (AvgIpc) is 3.32. The Morgan fingerprint density at radius 1 is 1.09 bits per heavy atom. The number of nitrogens with zero attached hydrogens (tertiary/aromatic N) is 5. The summed E-state index contributed by atoms with van der Waals surface area (Å²) in [7, 11) is 0. The molecule has 0 radical (unpaired) electrons. The number of ether oxygens (including phenoxy) is 1. The van der Waals surface area contributed by atoms with Crippen molar-refractivity contribution in [2.45, 2.75) is 6.92 Å². The Morgan fingerprint density at radius 3 is 2.75 bits per heavy atom. The van der Waals surface area contributed by atoms with Gasteiger partial charge in [-0.1, -0.05) is 12.1 Å². The molecule has 32 heavy (non-hydrogen) atoms. The minimum atomic E-state index is 0.416. The molecule has 1 aliphatic heterocycles. The minimum absolute atomic E-state index is 0.416. The van der Waals surface area contributed by atoms with E-state index in [-0.39, 0.29) is 0 Å². The Bertz CT molecular complexity index is 1290. The van der Waals surface area contributed by atoms with Crippen LogP contribution in [0.1, 0.15) is 6.92 Å². The molecule has 0 bridgehead atoms. The Kier molecular flexibility index (Phi) is 5.79. The summed E-state index contributed by atoms with van der Waals surface area (Å²) in [6.07, 6.45) is 3.67. The van der Waals surface area contributed by atoms with Gasteiger partial charge in [0, 0.05) is 50.5 Å². The Hall–Kier alpha value is -3.36. The maximum atomic E-state index is 9.63. The highest BCUT2D eigenvalue weighted by Gasteiger charge is 2.15. The molecule has 0 unspecified atom stereocenters. The lowest BCUT2D eigenvalue weighted by Crippen LogP contribution is -2.47. The van der Waals surface area contributed by atoms with Crippen molar-refractivity contribution in [3.8, 4) is 17.2 Å². The fraction of sp³-hybridized carbons (Fsp3) is 0.333. The predicted octanol–water partition coefficient (Wildman–Crippen LogP) is 3.05. The van der Waals surface area contributed by atoms with Crippen LogP contribution in [0.15, 0.2) is 64.6 Å². The number of hydrogen-bond acceptors (Lipinski definition) is 7. The van der Waals surface area contributed by atoms with E-state index in [1.807, 2.05) is 47.0 Å². The summed E-state index contributed by atoms with van der Waals surface area (Å²) < 4.78 is 14.0. The van der Waals surface area contributed by atoms with Gasteiger partial charge in [-0.05, 0) is 42.9 Å². The number of aromatic nitrogens is 2. The number of hydrogen-bond donors (Lipinski definition) is 1. The Morgan fingerprint density at radius 2 is 1.94 bits per heavy atom. The molecule has 4 aromatic rings. The first kappa shape index (κ1) is 20.5. The van der Waals surface area contributed by atoms with Crippen LogP contribution in [0.5, 0.6) is 5.75 Å². The molecule has 1 fully saturated rings. The first-order chi connectivity index (χ1) is 15.7. The summed E-state index contributed by atoms with van der Waals surface area (Å²) >= 11 is 0. The molecule has 0 saturated carbocycles. The van der Waals surface area contributed by atoms with E-state index in [0.29, 0.717) is 34.4 Å². The van der Waals surface area contributed by atoms with E-state index in [4.69, 9.17) is 9.15 Å². The summed E-state index contributed by atoms with van der Waals surface area (Å²) in [5.41, 5.74) is 2.29. The molecule has 0 aliphatic carbocycles. The van der Waals surface area contributed by atoms with Gasteiger partial charge in [0.05, 0.1) is 11.7 Å². The quantitative estimate of drug-likeness (QED) is 0.372. The van der Waals surface area contributed by atoms with Crippen molar-refractivity contribution >= 4 is 16.5 Å². The van der Waals surface area contributed by atoms with Crippen LogP contribution in [0.25, 0.3) is 27.9 Å². The zero-order valence-electron chi connectivity index (χ0n) is 18.1. The van der Waals surface area contributed by atoms with Gasteiger partial charge in [0.2, 0.25) is 0 Å². The van der Waals surface area contributed by atoms with Crippen molar-refractivity contribution in [3.05, 3.63) is 60.3 Å². The smallest absolute Gasteiger partial charge is 0.155 e. The van der Waals surface area contributed by atoms with E-state index in [0.717, 1.165) is 50.5 Å². The lowest BCUT2D eigenvalue weighted by atomic mass is 10.2. The van der Waals surface area contributed by atoms with Crippen molar-refractivity contribution in [1.82, 2.24) is 19.2 Å². The third-order valence-corrected chi connectivity index (χ3v) is 6.08. The van der Waals surface area contributed by atoms with Gasteiger partial charge in [-0.15, -0.1) is 0 Å². The van der Waals surface area contributed by atoms with Gasteiger partial charge >= 0.3 is 0 Å². The lowest BCUT2D eigenvalue weighted by Gasteiger charge is -2.33. The van der Waals surface area contributed by atoms with Crippen LogP contribution < -0.4 is 10.1 Å². The summed E-state index contributed by atoms with van der Waals surface area (Å²) in [4.78, 5) is 9.35. The van der Waals surface area contributed by atoms with E-state index in [1.54, 1.807) is 12.4 Å². The maximum Gasteiger partial charge on any atom is 0.155 e. The maximum absolute atomic E-state index is 9.63. The van der Waals surface area contributed by atoms with E-state index >= 15 is 0 Å². The molecule has 0 atom stereocenters. The summed E-state index contributed by atoms with van der Waals surface area (Å²) in [6, 6.07) is 13.2. The van der Waals surface area contributed by atoms with E-state index < -0.39 is 0 Å². The van der Waals surface area contributed by atoms with Crippen molar-refractivity contribution in [2.24, 2.45) is 5.16 Å². The number of rotatable bonds is 6. The number of benzene rings is 1. The molecule has 1 aromatic carbocycles. The van der Waals surface area contributed by atoms with Crippen LogP contribution in [0.4, 0.5) is 0 Å². The Labute approximate surface area is 186 Å². The standard InChI is InChI=1S/C24H27N5O3/c1-2-27-8-10-28(11-9-27)12-13-31-19-5-6-23-20(15-19)21(26-30)16-24(32-23)22-14-18-4-3-7-29(18)17-25-22/h3-7,14-17,30H,2,8-13H2,1H3/b26-21+. The van der Waals surface area contributed by atoms with Crippen LogP contribution in [-0.2, 0) is 0 Å². The summed E-state index contributed by atoms with van der Waals surface area (Å²) in [5.74, 6) is 1.26. The third kappa shape index (κ3) is 4.19. The number of likely N-dealkylation sites (N-methyl/N-ethyl adjacent to an activating group) is 1. The van der Waals surface area contributed by atoms with Gasteiger partial charge in [0.1, 0.15) is 29.0 Å². The summed E-state index contributed by atoms with van der Waals surface area (Å²) in [5, 5.41) is 14.2. The zero-order valence-corrected chi connectivity index (χ0v) is 18.1. The fourth-order valence-electron chi connectivity index (χ4n) is 4.14. The average molecular weight is 434 g/mol. The van der Waals surface area contributed by atoms with Gasteiger partial charge in [0.25, 0.3) is 0 Å². The second-order valence-corrected chi connectivity index (χ2v) is 7.99.